The quantitative estimate of drug-likeness (QED) is 0.909. The van der Waals surface area contributed by atoms with Crippen molar-refractivity contribution < 1.29 is 14.3 Å². The normalized spacial score (nSPS) is 17.0. The van der Waals surface area contributed by atoms with Crippen LogP contribution in [0.1, 0.15) is 12.1 Å². The molecule has 0 aliphatic carbocycles. The number of aromatic nitrogens is 1. The Morgan fingerprint density at radius 2 is 2.08 bits per heavy atom. The minimum atomic E-state index is -0.344. The Balaban J connectivity index is 1.60. The van der Waals surface area contributed by atoms with Crippen molar-refractivity contribution in [3.8, 4) is 5.75 Å². The standard InChI is InChI=1S/C18H19N3O3/c1-24-16-7-5-15(6-8-16)21-12-13(10-17(21)22)18(23)20-11-14-4-2-3-9-19-14/h2-9,13H,10-12H2,1H3,(H,20,23)/t13-/m0/s1. The lowest BCUT2D eigenvalue weighted by Gasteiger charge is -2.17. The van der Waals surface area contributed by atoms with E-state index >= 15 is 0 Å². The Bertz CT molecular complexity index is 716. The first-order chi connectivity index (χ1) is 11.7. The molecule has 2 heterocycles. The summed E-state index contributed by atoms with van der Waals surface area (Å²) >= 11 is 0. The van der Waals surface area contributed by atoms with Crippen LogP contribution in [0.15, 0.2) is 48.7 Å². The molecule has 1 fully saturated rings. The molecule has 1 atom stereocenters. The van der Waals surface area contributed by atoms with Gasteiger partial charge < -0.3 is 15.0 Å². The number of nitrogens with zero attached hydrogens (tertiary/aromatic N) is 2. The largest absolute Gasteiger partial charge is 0.497 e. The van der Waals surface area contributed by atoms with Gasteiger partial charge in [0.25, 0.3) is 0 Å². The number of ether oxygens (including phenoxy) is 1. The average Bonchev–Trinajstić information content (AvgIpc) is 3.02. The number of amides is 2. The fourth-order valence-electron chi connectivity index (χ4n) is 2.72. The molecule has 3 rings (SSSR count). The molecule has 1 aliphatic heterocycles. The summed E-state index contributed by atoms with van der Waals surface area (Å²) in [5.41, 5.74) is 1.57. The third kappa shape index (κ3) is 3.53. The molecule has 1 N–H and O–H groups in total. The van der Waals surface area contributed by atoms with E-state index in [4.69, 9.17) is 4.74 Å². The number of hydrogen-bond acceptors (Lipinski definition) is 4. The summed E-state index contributed by atoms with van der Waals surface area (Å²) in [5, 5.41) is 2.85. The molecule has 0 spiro atoms. The highest BCUT2D eigenvalue weighted by atomic mass is 16.5. The Hall–Kier alpha value is -2.89. The van der Waals surface area contributed by atoms with E-state index in [1.54, 1.807) is 30.3 Å². The van der Waals surface area contributed by atoms with E-state index in [1.807, 2.05) is 30.3 Å². The highest BCUT2D eigenvalue weighted by Gasteiger charge is 2.34. The fourth-order valence-corrected chi connectivity index (χ4v) is 2.72. The predicted octanol–water partition coefficient (Wildman–Crippen LogP) is 1.76. The molecule has 6 nitrogen and oxygen atoms in total. The highest BCUT2D eigenvalue weighted by Crippen LogP contribution is 2.26. The van der Waals surface area contributed by atoms with Crippen molar-refractivity contribution in [1.82, 2.24) is 10.3 Å². The van der Waals surface area contributed by atoms with Gasteiger partial charge in [0.1, 0.15) is 5.75 Å². The second-order valence-corrected chi connectivity index (χ2v) is 5.64. The molecule has 0 saturated carbocycles. The number of nitrogens with one attached hydrogen (secondary N) is 1. The van der Waals surface area contributed by atoms with E-state index in [2.05, 4.69) is 10.3 Å². The van der Waals surface area contributed by atoms with E-state index in [0.29, 0.717) is 13.1 Å². The van der Waals surface area contributed by atoms with Crippen LogP contribution in [-0.2, 0) is 16.1 Å². The molecule has 0 unspecified atom stereocenters. The van der Waals surface area contributed by atoms with Crippen LogP contribution < -0.4 is 15.0 Å². The van der Waals surface area contributed by atoms with Crippen molar-refractivity contribution in [1.29, 1.82) is 0 Å². The van der Waals surface area contributed by atoms with Gasteiger partial charge in [0.2, 0.25) is 11.8 Å². The van der Waals surface area contributed by atoms with Crippen molar-refractivity contribution in [2.45, 2.75) is 13.0 Å². The zero-order chi connectivity index (χ0) is 16.9. The summed E-state index contributed by atoms with van der Waals surface area (Å²) in [4.78, 5) is 30.3. The van der Waals surface area contributed by atoms with Gasteiger partial charge in [0.15, 0.2) is 0 Å². The molecule has 0 radical (unpaired) electrons. The lowest BCUT2D eigenvalue weighted by atomic mass is 10.1. The van der Waals surface area contributed by atoms with E-state index in [9.17, 15) is 9.59 Å². The third-order valence-electron chi connectivity index (χ3n) is 4.05. The summed E-state index contributed by atoms with van der Waals surface area (Å²) in [6, 6.07) is 12.8. The molecular formula is C18H19N3O3. The maximum absolute atomic E-state index is 12.3. The summed E-state index contributed by atoms with van der Waals surface area (Å²) in [7, 11) is 1.60. The van der Waals surface area contributed by atoms with Gasteiger partial charge in [-0.15, -0.1) is 0 Å². The second kappa shape index (κ2) is 7.12. The molecule has 0 bridgehead atoms. The number of benzene rings is 1. The molecule has 1 aromatic heterocycles. The Labute approximate surface area is 140 Å². The first kappa shape index (κ1) is 16.0. The van der Waals surface area contributed by atoms with Crippen LogP contribution in [-0.4, -0.2) is 30.5 Å². The predicted molar refractivity (Wildman–Crippen MR) is 89.5 cm³/mol. The van der Waals surface area contributed by atoms with Gasteiger partial charge in [-0.3, -0.25) is 14.6 Å². The highest BCUT2D eigenvalue weighted by molar-refractivity contribution is 6.00. The van der Waals surface area contributed by atoms with Crippen LogP contribution in [0.4, 0.5) is 5.69 Å². The molecule has 24 heavy (non-hydrogen) atoms. The van der Waals surface area contributed by atoms with Crippen molar-refractivity contribution in [3.63, 3.8) is 0 Å². The summed E-state index contributed by atoms with van der Waals surface area (Å²) in [5.74, 6) is 0.224. The van der Waals surface area contributed by atoms with Crippen LogP contribution in [0.2, 0.25) is 0 Å². The van der Waals surface area contributed by atoms with Crippen LogP contribution in [0.5, 0.6) is 5.75 Å². The summed E-state index contributed by atoms with van der Waals surface area (Å²) in [6.07, 6.45) is 1.91. The van der Waals surface area contributed by atoms with Gasteiger partial charge in [-0.2, -0.15) is 0 Å². The summed E-state index contributed by atoms with van der Waals surface area (Å²) in [6.45, 7) is 0.756. The minimum absolute atomic E-state index is 0.0434. The first-order valence-electron chi connectivity index (χ1n) is 7.79. The van der Waals surface area contributed by atoms with E-state index in [1.165, 1.54) is 0 Å². The topological polar surface area (TPSA) is 71.5 Å². The number of carbonyl (C=O) groups excluding carboxylic acids is 2. The SMILES string of the molecule is COc1ccc(N2C[C@@H](C(=O)NCc3ccccn3)CC2=O)cc1. The number of anilines is 1. The Morgan fingerprint density at radius 3 is 2.75 bits per heavy atom. The molecule has 2 amide bonds. The van der Waals surface area contributed by atoms with Crippen molar-refractivity contribution in [2.24, 2.45) is 5.92 Å². The first-order valence-corrected chi connectivity index (χ1v) is 7.79. The molecule has 1 aromatic carbocycles. The second-order valence-electron chi connectivity index (χ2n) is 5.64. The van der Waals surface area contributed by atoms with Gasteiger partial charge in [-0.25, -0.2) is 0 Å². The van der Waals surface area contributed by atoms with Gasteiger partial charge in [-0.1, -0.05) is 6.07 Å². The lowest BCUT2D eigenvalue weighted by Crippen LogP contribution is -2.32. The molecule has 1 aliphatic rings. The van der Waals surface area contributed by atoms with Crippen LogP contribution >= 0.6 is 0 Å². The number of methoxy groups -OCH3 is 1. The Kier molecular flexibility index (Phi) is 4.74. The van der Waals surface area contributed by atoms with Crippen LogP contribution in [0.3, 0.4) is 0 Å². The molecule has 124 valence electrons. The number of rotatable bonds is 5. The number of pyridine rings is 1. The molecule has 1 saturated heterocycles. The third-order valence-corrected chi connectivity index (χ3v) is 4.05. The maximum atomic E-state index is 12.3. The van der Waals surface area contributed by atoms with Crippen LogP contribution in [0, 0.1) is 5.92 Å². The van der Waals surface area contributed by atoms with E-state index < -0.39 is 0 Å². The Morgan fingerprint density at radius 1 is 1.29 bits per heavy atom. The van der Waals surface area contributed by atoms with Crippen molar-refractivity contribution >= 4 is 17.5 Å². The lowest BCUT2D eigenvalue weighted by molar-refractivity contribution is -0.126. The van der Waals surface area contributed by atoms with Crippen molar-refractivity contribution in [3.05, 3.63) is 54.4 Å². The zero-order valence-electron chi connectivity index (χ0n) is 13.4. The van der Waals surface area contributed by atoms with Crippen LogP contribution in [0.25, 0.3) is 0 Å². The fraction of sp³-hybridized carbons (Fsp3) is 0.278. The smallest absolute Gasteiger partial charge is 0.227 e. The average molecular weight is 325 g/mol. The zero-order valence-corrected chi connectivity index (χ0v) is 13.4. The van der Waals surface area contributed by atoms with E-state index in [-0.39, 0.29) is 24.2 Å². The minimum Gasteiger partial charge on any atom is -0.497 e. The molecular weight excluding hydrogens is 306 g/mol. The number of hydrogen-bond donors (Lipinski definition) is 1. The van der Waals surface area contributed by atoms with E-state index in [0.717, 1.165) is 17.1 Å². The van der Waals surface area contributed by atoms with Crippen molar-refractivity contribution in [2.75, 3.05) is 18.6 Å². The monoisotopic (exact) mass is 325 g/mol. The molecule has 6 heteroatoms. The molecule has 2 aromatic rings. The van der Waals surface area contributed by atoms with Gasteiger partial charge in [-0.05, 0) is 36.4 Å². The summed E-state index contributed by atoms with van der Waals surface area (Å²) < 4.78 is 5.12. The van der Waals surface area contributed by atoms with Gasteiger partial charge >= 0.3 is 0 Å². The number of carbonyl (C=O) groups is 2. The maximum Gasteiger partial charge on any atom is 0.227 e. The van der Waals surface area contributed by atoms with Gasteiger partial charge in [0.05, 0.1) is 25.3 Å². The van der Waals surface area contributed by atoms with Gasteiger partial charge in [0, 0.05) is 24.8 Å².